The molecule has 1 fully saturated rings. The van der Waals surface area contributed by atoms with Crippen LogP contribution in [0.5, 0.6) is 11.5 Å². The zero-order valence-corrected chi connectivity index (χ0v) is 21.4. The second-order valence-electron chi connectivity index (χ2n) is 10.2. The predicted octanol–water partition coefficient (Wildman–Crippen LogP) is 5.16. The Morgan fingerprint density at radius 1 is 0.806 bits per heavy atom. The molecule has 1 saturated heterocycles. The third kappa shape index (κ3) is 5.53. The van der Waals surface area contributed by atoms with Crippen LogP contribution in [0.25, 0.3) is 11.1 Å². The van der Waals surface area contributed by atoms with Crippen LogP contribution in [0, 0.1) is 0 Å². The number of rotatable bonds is 8. The fourth-order valence-corrected chi connectivity index (χ4v) is 5.90. The Labute approximate surface area is 215 Å². The van der Waals surface area contributed by atoms with E-state index in [0.717, 1.165) is 45.0 Å². The van der Waals surface area contributed by atoms with Crippen molar-refractivity contribution in [2.24, 2.45) is 0 Å². The third-order valence-corrected chi connectivity index (χ3v) is 7.96. The summed E-state index contributed by atoms with van der Waals surface area (Å²) in [5, 5.41) is 20.8. The van der Waals surface area contributed by atoms with Crippen molar-refractivity contribution in [3.63, 3.8) is 0 Å². The van der Waals surface area contributed by atoms with Crippen molar-refractivity contribution in [1.82, 2.24) is 9.80 Å². The Kier molecular flexibility index (Phi) is 7.78. The minimum absolute atomic E-state index is 0.184. The number of aromatic hydroxyl groups is 2. The lowest BCUT2D eigenvalue weighted by atomic mass is 9.87. The standard InChI is InChI=1S/C31H39N3O2/c1-2-15-33(26-12-11-24-7-3-4-8-25(24)22-26)19-16-32-17-20-34(21-18-32)27-13-14-29(31(36)23-27)28-9-5-6-10-30(28)35/h3-10,13-14,23,26,35-36H,2,11-12,15-22H2,1H3. The summed E-state index contributed by atoms with van der Waals surface area (Å²) in [7, 11) is 0. The van der Waals surface area contributed by atoms with E-state index >= 15 is 0 Å². The van der Waals surface area contributed by atoms with Gasteiger partial charge in [0.2, 0.25) is 0 Å². The van der Waals surface area contributed by atoms with Crippen LogP contribution in [0.4, 0.5) is 5.69 Å². The second-order valence-corrected chi connectivity index (χ2v) is 10.2. The number of phenols is 2. The zero-order valence-electron chi connectivity index (χ0n) is 21.4. The summed E-state index contributed by atoms with van der Waals surface area (Å²) in [6.07, 6.45) is 4.86. The summed E-state index contributed by atoms with van der Waals surface area (Å²) in [5.41, 5.74) is 5.45. The van der Waals surface area contributed by atoms with Crippen molar-refractivity contribution >= 4 is 5.69 Å². The number of nitrogens with zero attached hydrogens (tertiary/aromatic N) is 3. The Balaban J connectivity index is 1.15. The van der Waals surface area contributed by atoms with Gasteiger partial charge in [-0.25, -0.2) is 0 Å². The molecule has 1 aliphatic carbocycles. The number of anilines is 1. The van der Waals surface area contributed by atoms with Crippen LogP contribution >= 0.6 is 0 Å². The van der Waals surface area contributed by atoms with Gasteiger partial charge in [0.25, 0.3) is 0 Å². The summed E-state index contributed by atoms with van der Waals surface area (Å²) in [5.74, 6) is 0.393. The Morgan fingerprint density at radius 3 is 2.28 bits per heavy atom. The third-order valence-electron chi connectivity index (χ3n) is 7.96. The minimum atomic E-state index is 0.184. The van der Waals surface area contributed by atoms with E-state index in [4.69, 9.17) is 0 Å². The molecule has 0 aromatic heterocycles. The number of benzene rings is 3. The topological polar surface area (TPSA) is 50.2 Å². The summed E-state index contributed by atoms with van der Waals surface area (Å²) < 4.78 is 0. The molecule has 1 aliphatic heterocycles. The number of hydrogen-bond donors (Lipinski definition) is 2. The van der Waals surface area contributed by atoms with Gasteiger partial charge < -0.3 is 15.1 Å². The largest absolute Gasteiger partial charge is 0.507 e. The van der Waals surface area contributed by atoms with Crippen molar-refractivity contribution in [3.8, 4) is 22.6 Å². The smallest absolute Gasteiger partial charge is 0.125 e. The molecule has 5 rings (SSSR count). The van der Waals surface area contributed by atoms with E-state index in [9.17, 15) is 10.2 Å². The highest BCUT2D eigenvalue weighted by Gasteiger charge is 2.25. The molecule has 0 saturated carbocycles. The highest BCUT2D eigenvalue weighted by Crippen LogP contribution is 2.37. The second kappa shape index (κ2) is 11.4. The molecule has 0 bridgehead atoms. The maximum atomic E-state index is 10.7. The molecule has 1 unspecified atom stereocenters. The normalized spacial score (nSPS) is 18.4. The van der Waals surface area contributed by atoms with Gasteiger partial charge in [-0.2, -0.15) is 0 Å². The molecular weight excluding hydrogens is 446 g/mol. The van der Waals surface area contributed by atoms with Gasteiger partial charge in [0.05, 0.1) is 0 Å². The van der Waals surface area contributed by atoms with Crippen molar-refractivity contribution in [2.45, 2.75) is 38.6 Å². The maximum absolute atomic E-state index is 10.7. The number of aryl methyl sites for hydroxylation is 1. The molecule has 0 spiro atoms. The molecule has 2 aliphatic rings. The highest BCUT2D eigenvalue weighted by atomic mass is 16.3. The molecule has 3 aromatic rings. The van der Waals surface area contributed by atoms with Crippen molar-refractivity contribution in [3.05, 3.63) is 77.9 Å². The first-order valence-electron chi connectivity index (χ1n) is 13.5. The number of piperazine rings is 1. The summed E-state index contributed by atoms with van der Waals surface area (Å²) >= 11 is 0. The van der Waals surface area contributed by atoms with E-state index in [-0.39, 0.29) is 11.5 Å². The number of hydrogen-bond acceptors (Lipinski definition) is 5. The van der Waals surface area contributed by atoms with E-state index in [1.54, 1.807) is 23.3 Å². The SMILES string of the molecule is CCCN(CCN1CCN(c2ccc(-c3ccccc3O)c(O)c2)CC1)C1CCc2ccccc2C1. The molecule has 2 N–H and O–H groups in total. The lowest BCUT2D eigenvalue weighted by Gasteiger charge is -2.39. The predicted molar refractivity (Wildman–Crippen MR) is 148 cm³/mol. The van der Waals surface area contributed by atoms with E-state index < -0.39 is 0 Å². The molecule has 190 valence electrons. The zero-order chi connectivity index (χ0) is 24.9. The number of phenolic OH excluding ortho intramolecular Hbond substituents is 2. The van der Waals surface area contributed by atoms with Gasteiger partial charge in [0.1, 0.15) is 11.5 Å². The van der Waals surface area contributed by atoms with Gasteiger partial charge in [0, 0.05) is 68.2 Å². The Bertz CT molecular complexity index is 1160. The Morgan fingerprint density at radius 2 is 1.53 bits per heavy atom. The van der Waals surface area contributed by atoms with E-state index in [0.29, 0.717) is 17.2 Å². The van der Waals surface area contributed by atoms with Crippen molar-refractivity contribution in [1.29, 1.82) is 0 Å². The van der Waals surface area contributed by atoms with Crippen LogP contribution in [0.15, 0.2) is 66.7 Å². The Hall–Kier alpha value is -3.02. The van der Waals surface area contributed by atoms with E-state index in [1.165, 1.54) is 32.2 Å². The molecule has 0 radical (unpaired) electrons. The minimum Gasteiger partial charge on any atom is -0.507 e. The lowest BCUT2D eigenvalue weighted by Crippen LogP contribution is -2.50. The van der Waals surface area contributed by atoms with Crippen LogP contribution in [-0.4, -0.2) is 71.9 Å². The van der Waals surface area contributed by atoms with Crippen LogP contribution in [0.1, 0.15) is 30.9 Å². The van der Waals surface area contributed by atoms with E-state index in [2.05, 4.69) is 52.0 Å². The van der Waals surface area contributed by atoms with Gasteiger partial charge in [-0.05, 0) is 61.6 Å². The van der Waals surface area contributed by atoms with Crippen LogP contribution in [0.3, 0.4) is 0 Å². The fourth-order valence-electron chi connectivity index (χ4n) is 5.90. The van der Waals surface area contributed by atoms with Crippen LogP contribution in [0.2, 0.25) is 0 Å². The first kappa shape index (κ1) is 24.7. The van der Waals surface area contributed by atoms with Crippen LogP contribution in [-0.2, 0) is 12.8 Å². The van der Waals surface area contributed by atoms with Crippen molar-refractivity contribution in [2.75, 3.05) is 50.7 Å². The maximum Gasteiger partial charge on any atom is 0.125 e. The van der Waals surface area contributed by atoms with Gasteiger partial charge in [0.15, 0.2) is 0 Å². The van der Waals surface area contributed by atoms with Gasteiger partial charge in [-0.1, -0.05) is 49.4 Å². The van der Waals surface area contributed by atoms with Crippen molar-refractivity contribution < 1.29 is 10.2 Å². The quantitative estimate of drug-likeness (QED) is 0.462. The summed E-state index contributed by atoms with van der Waals surface area (Å²) in [6, 6.07) is 22.6. The van der Waals surface area contributed by atoms with Gasteiger partial charge in [-0.3, -0.25) is 9.80 Å². The molecule has 5 nitrogen and oxygen atoms in total. The molecule has 36 heavy (non-hydrogen) atoms. The van der Waals surface area contributed by atoms with Crippen LogP contribution < -0.4 is 4.90 Å². The first-order valence-corrected chi connectivity index (χ1v) is 13.5. The molecule has 1 atom stereocenters. The molecule has 3 aromatic carbocycles. The highest BCUT2D eigenvalue weighted by molar-refractivity contribution is 5.77. The molecule has 1 heterocycles. The average Bonchev–Trinajstić information content (AvgIpc) is 2.91. The lowest BCUT2D eigenvalue weighted by molar-refractivity contribution is 0.145. The van der Waals surface area contributed by atoms with E-state index in [1.807, 2.05) is 24.3 Å². The fraction of sp³-hybridized carbons (Fsp3) is 0.419. The summed E-state index contributed by atoms with van der Waals surface area (Å²) in [4.78, 5) is 7.68. The number of para-hydroxylation sites is 1. The van der Waals surface area contributed by atoms with Gasteiger partial charge in [-0.15, -0.1) is 0 Å². The monoisotopic (exact) mass is 485 g/mol. The van der Waals surface area contributed by atoms with Gasteiger partial charge >= 0.3 is 0 Å². The number of fused-ring (bicyclic) bond motifs is 1. The molecule has 0 amide bonds. The summed E-state index contributed by atoms with van der Waals surface area (Å²) in [6.45, 7) is 9.71. The average molecular weight is 486 g/mol. The molecule has 5 heteroatoms. The first-order chi connectivity index (χ1) is 17.6. The molecular formula is C31H39N3O2.